The Morgan fingerprint density at radius 1 is 1.14 bits per heavy atom. The number of carbonyl (C=O) groups excluding carboxylic acids is 1. The average Bonchev–Trinajstić information content (AvgIpc) is 3.52. The molecule has 0 spiro atoms. The van der Waals surface area contributed by atoms with Crippen molar-refractivity contribution >= 4 is 22.9 Å². The van der Waals surface area contributed by atoms with Gasteiger partial charge in [0, 0.05) is 31.5 Å². The minimum absolute atomic E-state index is 0.105. The first kappa shape index (κ1) is 17.0. The number of rotatable bonds is 2. The van der Waals surface area contributed by atoms with Crippen molar-refractivity contribution in [1.82, 2.24) is 9.38 Å². The second-order valence-electron chi connectivity index (χ2n) is 7.73. The Labute approximate surface area is 163 Å². The van der Waals surface area contributed by atoms with Crippen LogP contribution in [0, 0.1) is 13.8 Å². The number of nitrogens with zero attached hydrogens (tertiary/aromatic N) is 4. The normalized spacial score (nSPS) is 16.4. The van der Waals surface area contributed by atoms with E-state index in [0.29, 0.717) is 18.2 Å². The molecule has 2 aromatic heterocycles. The second-order valence-corrected chi connectivity index (χ2v) is 7.73. The summed E-state index contributed by atoms with van der Waals surface area (Å²) in [6, 6.07) is 10.3. The Morgan fingerprint density at radius 2 is 1.96 bits per heavy atom. The molecule has 0 bridgehead atoms. The van der Waals surface area contributed by atoms with E-state index in [1.165, 1.54) is 23.4 Å². The molecule has 0 saturated heterocycles. The van der Waals surface area contributed by atoms with Gasteiger partial charge in [0.1, 0.15) is 11.2 Å². The molecule has 1 aromatic carbocycles. The zero-order valence-corrected chi connectivity index (χ0v) is 16.1. The molecule has 3 aromatic rings. The van der Waals surface area contributed by atoms with E-state index < -0.39 is 0 Å². The van der Waals surface area contributed by atoms with Crippen LogP contribution < -0.4 is 15.4 Å². The number of fused-ring (bicyclic) bond motifs is 2. The van der Waals surface area contributed by atoms with Crippen molar-refractivity contribution in [3.63, 3.8) is 0 Å². The van der Waals surface area contributed by atoms with Gasteiger partial charge in [-0.2, -0.15) is 0 Å². The zero-order chi connectivity index (χ0) is 19.4. The summed E-state index contributed by atoms with van der Waals surface area (Å²) in [6.45, 7) is 5.39. The van der Waals surface area contributed by atoms with Crippen molar-refractivity contribution in [2.75, 3.05) is 22.9 Å². The van der Waals surface area contributed by atoms with Gasteiger partial charge < -0.3 is 9.80 Å². The van der Waals surface area contributed by atoms with Crippen LogP contribution in [0.5, 0.6) is 0 Å². The molecule has 1 fully saturated rings. The zero-order valence-electron chi connectivity index (χ0n) is 16.1. The van der Waals surface area contributed by atoms with Crippen molar-refractivity contribution in [1.29, 1.82) is 0 Å². The smallest absolute Gasteiger partial charge is 0.270 e. The highest BCUT2D eigenvalue weighted by Crippen LogP contribution is 2.42. The molecule has 0 N–H and O–H groups in total. The number of aromatic nitrogens is 2. The number of carbonyl (C=O) groups is 1. The van der Waals surface area contributed by atoms with Crippen LogP contribution in [0.15, 0.2) is 47.5 Å². The molecule has 1 aliphatic heterocycles. The number of aryl methyl sites for hydroxylation is 2. The summed E-state index contributed by atoms with van der Waals surface area (Å²) in [5.41, 5.74) is 4.52. The van der Waals surface area contributed by atoms with Crippen molar-refractivity contribution in [3.05, 3.63) is 69.8 Å². The summed E-state index contributed by atoms with van der Waals surface area (Å²) >= 11 is 0. The van der Waals surface area contributed by atoms with Gasteiger partial charge in [0.05, 0.1) is 11.4 Å². The fourth-order valence-corrected chi connectivity index (χ4v) is 4.11. The SMILES string of the molecule is Cc1ccn2c(=O)c(C(=O)N3CCN(C4CC4)c4c(C)cccc43)cnc2c1. The molecule has 0 unspecified atom stereocenters. The quantitative estimate of drug-likeness (QED) is 0.692. The van der Waals surface area contributed by atoms with Crippen LogP contribution in [0.1, 0.15) is 34.3 Å². The number of amides is 1. The van der Waals surface area contributed by atoms with E-state index >= 15 is 0 Å². The van der Waals surface area contributed by atoms with E-state index in [1.807, 2.05) is 31.2 Å². The van der Waals surface area contributed by atoms with Gasteiger partial charge >= 0.3 is 0 Å². The minimum Gasteiger partial charge on any atom is -0.365 e. The monoisotopic (exact) mass is 374 g/mol. The highest BCUT2D eigenvalue weighted by molar-refractivity contribution is 6.08. The molecular formula is C22H22N4O2. The summed E-state index contributed by atoms with van der Waals surface area (Å²) in [5.74, 6) is -0.283. The first-order valence-corrected chi connectivity index (χ1v) is 9.71. The van der Waals surface area contributed by atoms with E-state index in [-0.39, 0.29) is 17.0 Å². The van der Waals surface area contributed by atoms with Gasteiger partial charge in [-0.05, 0) is 56.0 Å². The summed E-state index contributed by atoms with van der Waals surface area (Å²) in [5, 5.41) is 0. The second kappa shape index (κ2) is 6.19. The van der Waals surface area contributed by atoms with E-state index in [9.17, 15) is 9.59 Å². The molecule has 5 rings (SSSR count). The van der Waals surface area contributed by atoms with Crippen molar-refractivity contribution < 1.29 is 4.79 Å². The van der Waals surface area contributed by atoms with Crippen LogP contribution >= 0.6 is 0 Å². The molecule has 6 nitrogen and oxygen atoms in total. The molecule has 142 valence electrons. The molecule has 0 radical (unpaired) electrons. The van der Waals surface area contributed by atoms with Gasteiger partial charge in [0.15, 0.2) is 0 Å². The van der Waals surface area contributed by atoms with Gasteiger partial charge in [-0.1, -0.05) is 12.1 Å². The highest BCUT2D eigenvalue weighted by Gasteiger charge is 2.37. The molecule has 6 heteroatoms. The summed E-state index contributed by atoms with van der Waals surface area (Å²) < 4.78 is 1.44. The Morgan fingerprint density at radius 3 is 2.75 bits per heavy atom. The predicted molar refractivity (Wildman–Crippen MR) is 109 cm³/mol. The Kier molecular flexibility index (Phi) is 3.75. The molecule has 3 heterocycles. The maximum absolute atomic E-state index is 13.4. The predicted octanol–water partition coefficient (Wildman–Crippen LogP) is 2.94. The number of para-hydroxylation sites is 1. The van der Waals surface area contributed by atoms with Gasteiger partial charge in [-0.25, -0.2) is 4.98 Å². The molecule has 28 heavy (non-hydrogen) atoms. The third-order valence-electron chi connectivity index (χ3n) is 5.69. The van der Waals surface area contributed by atoms with Crippen molar-refractivity contribution in [2.24, 2.45) is 0 Å². The molecular weight excluding hydrogens is 352 g/mol. The molecule has 1 saturated carbocycles. The van der Waals surface area contributed by atoms with Crippen LogP contribution in [0.4, 0.5) is 11.4 Å². The minimum atomic E-state index is -0.325. The fraction of sp³-hybridized carbons (Fsp3) is 0.318. The van der Waals surface area contributed by atoms with Gasteiger partial charge in [-0.3, -0.25) is 14.0 Å². The van der Waals surface area contributed by atoms with Crippen LogP contribution in [-0.2, 0) is 0 Å². The largest absolute Gasteiger partial charge is 0.365 e. The van der Waals surface area contributed by atoms with Crippen molar-refractivity contribution in [2.45, 2.75) is 32.7 Å². The Balaban J connectivity index is 1.59. The molecule has 1 amide bonds. The number of pyridine rings is 1. The van der Waals surface area contributed by atoms with Gasteiger partial charge in [-0.15, -0.1) is 0 Å². The maximum atomic E-state index is 13.4. The first-order valence-electron chi connectivity index (χ1n) is 9.71. The lowest BCUT2D eigenvalue weighted by atomic mass is 10.1. The summed E-state index contributed by atoms with van der Waals surface area (Å²) in [6.07, 6.45) is 5.51. The molecule has 0 atom stereocenters. The molecule has 1 aliphatic carbocycles. The standard InChI is InChI=1S/C22H22N4O2/c1-14-8-9-26-19(12-14)23-13-17(22(26)28)21(27)25-11-10-24(16-6-7-16)20-15(2)4-3-5-18(20)25/h3-5,8-9,12-13,16H,6-7,10-11H2,1-2H3. The Bertz CT molecular complexity index is 1160. The molecule has 2 aliphatic rings. The fourth-order valence-electron chi connectivity index (χ4n) is 4.11. The lowest BCUT2D eigenvalue weighted by Crippen LogP contribution is -2.46. The maximum Gasteiger partial charge on any atom is 0.270 e. The van der Waals surface area contributed by atoms with E-state index in [2.05, 4.69) is 22.9 Å². The van der Waals surface area contributed by atoms with Crippen LogP contribution in [0.3, 0.4) is 0 Å². The number of hydrogen-bond donors (Lipinski definition) is 0. The van der Waals surface area contributed by atoms with E-state index in [0.717, 1.165) is 29.0 Å². The lowest BCUT2D eigenvalue weighted by molar-refractivity contribution is 0.0984. The lowest BCUT2D eigenvalue weighted by Gasteiger charge is -2.39. The summed E-state index contributed by atoms with van der Waals surface area (Å²) in [4.78, 5) is 34.8. The third kappa shape index (κ3) is 2.59. The third-order valence-corrected chi connectivity index (χ3v) is 5.69. The summed E-state index contributed by atoms with van der Waals surface area (Å²) in [7, 11) is 0. The number of hydrogen-bond acceptors (Lipinski definition) is 4. The average molecular weight is 374 g/mol. The van der Waals surface area contributed by atoms with E-state index in [4.69, 9.17) is 0 Å². The van der Waals surface area contributed by atoms with Crippen LogP contribution in [0.25, 0.3) is 5.65 Å². The van der Waals surface area contributed by atoms with E-state index in [1.54, 1.807) is 11.1 Å². The van der Waals surface area contributed by atoms with Crippen LogP contribution in [0.2, 0.25) is 0 Å². The first-order chi connectivity index (χ1) is 13.5. The van der Waals surface area contributed by atoms with Crippen molar-refractivity contribution in [3.8, 4) is 0 Å². The number of anilines is 2. The Hall–Kier alpha value is -3.15. The van der Waals surface area contributed by atoms with Gasteiger partial charge in [0.2, 0.25) is 0 Å². The topological polar surface area (TPSA) is 57.9 Å². The van der Waals surface area contributed by atoms with Crippen LogP contribution in [-0.4, -0.2) is 34.4 Å². The number of benzene rings is 1. The highest BCUT2D eigenvalue weighted by atomic mass is 16.2. The van der Waals surface area contributed by atoms with Gasteiger partial charge in [0.25, 0.3) is 11.5 Å².